The summed E-state index contributed by atoms with van der Waals surface area (Å²) in [6.45, 7) is 2.20. The van der Waals surface area contributed by atoms with E-state index in [0.717, 1.165) is 25.7 Å². The van der Waals surface area contributed by atoms with Crippen molar-refractivity contribution in [2.24, 2.45) is 0 Å². The van der Waals surface area contributed by atoms with E-state index in [1.165, 1.54) is 25.7 Å². The van der Waals surface area contributed by atoms with Crippen LogP contribution in [-0.2, 0) is 4.79 Å². The van der Waals surface area contributed by atoms with Gasteiger partial charge in [0.25, 0.3) is 0 Å². The molecule has 0 aliphatic heterocycles. The molecule has 0 fully saturated rings. The van der Waals surface area contributed by atoms with Crippen molar-refractivity contribution in [2.75, 3.05) is 7.05 Å². The van der Waals surface area contributed by atoms with Crippen LogP contribution in [0, 0.1) is 0 Å². The zero-order valence-corrected chi connectivity index (χ0v) is 10.8. The molecular formula is C13H27NO2. The van der Waals surface area contributed by atoms with E-state index >= 15 is 0 Å². The molecule has 0 unspecified atom stereocenters. The molecule has 0 aromatic carbocycles. The second-order valence-corrected chi connectivity index (χ2v) is 4.42. The molecule has 1 atom stereocenters. The first-order valence-electron chi connectivity index (χ1n) is 6.59. The molecule has 3 heteroatoms. The molecule has 0 aromatic heterocycles. The fourth-order valence-electron chi connectivity index (χ4n) is 1.75. The Labute approximate surface area is 99.6 Å². The molecule has 0 bridgehead atoms. The number of carbonyl (C=O) groups is 1. The number of aliphatic hydroxyl groups excluding tert-OH is 1. The van der Waals surface area contributed by atoms with Crippen LogP contribution in [0.4, 0.5) is 0 Å². The number of hydrogen-bond acceptors (Lipinski definition) is 2. The lowest BCUT2D eigenvalue weighted by Crippen LogP contribution is -2.18. The molecule has 3 nitrogen and oxygen atoms in total. The van der Waals surface area contributed by atoms with Crippen LogP contribution in [0.2, 0.25) is 0 Å². The minimum Gasteiger partial charge on any atom is -0.393 e. The summed E-state index contributed by atoms with van der Waals surface area (Å²) in [5, 5.41) is 12.2. The lowest BCUT2D eigenvalue weighted by Gasteiger charge is -2.09. The summed E-state index contributed by atoms with van der Waals surface area (Å²) in [5.74, 6) is 0.0649. The number of hydrogen-bond donors (Lipinski definition) is 2. The molecule has 0 aliphatic rings. The second-order valence-electron chi connectivity index (χ2n) is 4.42. The molecule has 0 radical (unpaired) electrons. The molecule has 0 saturated carbocycles. The Morgan fingerprint density at radius 3 is 2.38 bits per heavy atom. The molecule has 0 spiro atoms. The predicted molar refractivity (Wildman–Crippen MR) is 67.3 cm³/mol. The van der Waals surface area contributed by atoms with Crippen molar-refractivity contribution < 1.29 is 9.90 Å². The highest BCUT2D eigenvalue weighted by Gasteiger charge is 2.05. The molecule has 0 saturated heterocycles. The van der Waals surface area contributed by atoms with Crippen LogP contribution in [-0.4, -0.2) is 24.2 Å². The maximum absolute atomic E-state index is 10.9. The molecule has 0 rings (SSSR count). The lowest BCUT2D eigenvalue weighted by molar-refractivity contribution is -0.120. The van der Waals surface area contributed by atoms with Crippen molar-refractivity contribution in [1.82, 2.24) is 5.32 Å². The summed E-state index contributed by atoms with van der Waals surface area (Å²) in [4.78, 5) is 10.9. The van der Waals surface area contributed by atoms with E-state index in [2.05, 4.69) is 12.2 Å². The summed E-state index contributed by atoms with van der Waals surface area (Å²) >= 11 is 0. The summed E-state index contributed by atoms with van der Waals surface area (Å²) in [6, 6.07) is 0. The van der Waals surface area contributed by atoms with Crippen molar-refractivity contribution >= 4 is 5.91 Å². The number of amides is 1. The summed E-state index contributed by atoms with van der Waals surface area (Å²) in [5.41, 5.74) is 0. The van der Waals surface area contributed by atoms with Crippen LogP contribution < -0.4 is 5.32 Å². The van der Waals surface area contributed by atoms with Gasteiger partial charge in [0, 0.05) is 13.5 Å². The highest BCUT2D eigenvalue weighted by Crippen LogP contribution is 2.11. The van der Waals surface area contributed by atoms with Crippen LogP contribution >= 0.6 is 0 Å². The third-order valence-corrected chi connectivity index (χ3v) is 2.86. The third-order valence-electron chi connectivity index (χ3n) is 2.86. The van der Waals surface area contributed by atoms with E-state index in [1.54, 1.807) is 7.05 Å². The maximum atomic E-state index is 10.9. The highest BCUT2D eigenvalue weighted by molar-refractivity contribution is 5.75. The first-order chi connectivity index (χ1) is 7.70. The summed E-state index contributed by atoms with van der Waals surface area (Å²) in [6.07, 6.45) is 8.91. The van der Waals surface area contributed by atoms with E-state index in [9.17, 15) is 9.90 Å². The Morgan fingerprint density at radius 1 is 1.12 bits per heavy atom. The topological polar surface area (TPSA) is 49.3 Å². The van der Waals surface area contributed by atoms with Gasteiger partial charge in [-0.25, -0.2) is 0 Å². The third kappa shape index (κ3) is 9.97. The Bertz CT molecular complexity index is 171. The monoisotopic (exact) mass is 229 g/mol. The van der Waals surface area contributed by atoms with E-state index in [0.29, 0.717) is 6.42 Å². The van der Waals surface area contributed by atoms with Gasteiger partial charge < -0.3 is 10.4 Å². The largest absolute Gasteiger partial charge is 0.393 e. The SMILES string of the molecule is CCCCCCC[C@H](O)CCCC(=O)NC. The summed E-state index contributed by atoms with van der Waals surface area (Å²) in [7, 11) is 1.65. The number of carbonyl (C=O) groups excluding carboxylic acids is 1. The molecular weight excluding hydrogens is 202 g/mol. The molecule has 2 N–H and O–H groups in total. The average molecular weight is 229 g/mol. The van der Waals surface area contributed by atoms with E-state index in [4.69, 9.17) is 0 Å². The van der Waals surface area contributed by atoms with Gasteiger partial charge in [-0.2, -0.15) is 0 Å². The van der Waals surface area contributed by atoms with Crippen molar-refractivity contribution in [3.63, 3.8) is 0 Å². The van der Waals surface area contributed by atoms with Crippen LogP contribution in [0.3, 0.4) is 0 Å². The smallest absolute Gasteiger partial charge is 0.219 e. The predicted octanol–water partition coefficient (Wildman–Crippen LogP) is 2.62. The summed E-state index contributed by atoms with van der Waals surface area (Å²) < 4.78 is 0. The first kappa shape index (κ1) is 15.4. The number of unbranched alkanes of at least 4 members (excludes halogenated alkanes) is 4. The van der Waals surface area contributed by atoms with Crippen LogP contribution in [0.15, 0.2) is 0 Å². The van der Waals surface area contributed by atoms with Gasteiger partial charge in [0.15, 0.2) is 0 Å². The zero-order chi connectivity index (χ0) is 12.2. The van der Waals surface area contributed by atoms with Gasteiger partial charge in [-0.1, -0.05) is 39.0 Å². The molecule has 0 heterocycles. The molecule has 1 amide bonds. The van der Waals surface area contributed by atoms with E-state index in [1.807, 2.05) is 0 Å². The second kappa shape index (κ2) is 10.9. The Morgan fingerprint density at radius 2 is 1.75 bits per heavy atom. The zero-order valence-electron chi connectivity index (χ0n) is 10.8. The standard InChI is InChI=1S/C13H27NO2/c1-3-4-5-6-7-9-12(15)10-8-11-13(16)14-2/h12,15H,3-11H2,1-2H3,(H,14,16)/t12-/m0/s1. The van der Waals surface area contributed by atoms with Crippen molar-refractivity contribution in [3.05, 3.63) is 0 Å². The number of rotatable bonds is 10. The Kier molecular flexibility index (Phi) is 10.5. The molecule has 96 valence electrons. The van der Waals surface area contributed by atoms with Crippen LogP contribution in [0.1, 0.15) is 64.7 Å². The van der Waals surface area contributed by atoms with E-state index < -0.39 is 0 Å². The van der Waals surface area contributed by atoms with Gasteiger partial charge in [0.2, 0.25) is 5.91 Å². The number of nitrogens with one attached hydrogen (secondary N) is 1. The van der Waals surface area contributed by atoms with E-state index in [-0.39, 0.29) is 12.0 Å². The van der Waals surface area contributed by atoms with Crippen LogP contribution in [0.25, 0.3) is 0 Å². The molecule has 0 aliphatic carbocycles. The Hall–Kier alpha value is -0.570. The Balaban J connectivity index is 3.24. The van der Waals surface area contributed by atoms with Gasteiger partial charge in [0.05, 0.1) is 6.10 Å². The number of aliphatic hydroxyl groups is 1. The van der Waals surface area contributed by atoms with Crippen molar-refractivity contribution in [3.8, 4) is 0 Å². The quantitative estimate of drug-likeness (QED) is 0.566. The van der Waals surface area contributed by atoms with Gasteiger partial charge >= 0.3 is 0 Å². The van der Waals surface area contributed by atoms with Gasteiger partial charge in [0.1, 0.15) is 0 Å². The highest BCUT2D eigenvalue weighted by atomic mass is 16.3. The fraction of sp³-hybridized carbons (Fsp3) is 0.923. The maximum Gasteiger partial charge on any atom is 0.219 e. The van der Waals surface area contributed by atoms with Crippen molar-refractivity contribution in [2.45, 2.75) is 70.8 Å². The lowest BCUT2D eigenvalue weighted by atomic mass is 10.0. The minimum atomic E-state index is -0.216. The first-order valence-corrected chi connectivity index (χ1v) is 6.59. The van der Waals surface area contributed by atoms with Gasteiger partial charge in [-0.05, 0) is 19.3 Å². The van der Waals surface area contributed by atoms with Gasteiger partial charge in [-0.15, -0.1) is 0 Å². The van der Waals surface area contributed by atoms with Gasteiger partial charge in [-0.3, -0.25) is 4.79 Å². The molecule has 16 heavy (non-hydrogen) atoms. The van der Waals surface area contributed by atoms with Crippen molar-refractivity contribution in [1.29, 1.82) is 0 Å². The van der Waals surface area contributed by atoms with Crippen LogP contribution in [0.5, 0.6) is 0 Å². The fourth-order valence-corrected chi connectivity index (χ4v) is 1.75. The molecule has 0 aromatic rings. The average Bonchev–Trinajstić information content (AvgIpc) is 2.28. The minimum absolute atomic E-state index is 0.0649. The normalized spacial score (nSPS) is 12.4.